The van der Waals surface area contributed by atoms with Crippen LogP contribution in [-0.4, -0.2) is 11.7 Å². The van der Waals surface area contributed by atoms with Crippen LogP contribution in [0.2, 0.25) is 0 Å². The van der Waals surface area contributed by atoms with E-state index in [-0.39, 0.29) is 6.61 Å². The number of rotatable bonds is 5. The second-order valence-electron chi connectivity index (χ2n) is 5.10. The Hall–Kier alpha value is -1.84. The van der Waals surface area contributed by atoms with Crippen molar-refractivity contribution in [1.82, 2.24) is 0 Å². The molecule has 20 heavy (non-hydrogen) atoms. The van der Waals surface area contributed by atoms with Crippen LogP contribution in [0.4, 0.5) is 0 Å². The van der Waals surface area contributed by atoms with Crippen LogP contribution in [0.1, 0.15) is 28.4 Å². The number of aliphatic hydroxyl groups excluding tert-OH is 1. The number of aryl methyl sites for hydroxylation is 2. The van der Waals surface area contributed by atoms with Gasteiger partial charge in [0.1, 0.15) is 18.5 Å². The topological polar surface area (TPSA) is 55.5 Å². The Morgan fingerprint density at radius 3 is 2.20 bits per heavy atom. The summed E-state index contributed by atoms with van der Waals surface area (Å²) in [6.07, 6.45) is -0.636. The fourth-order valence-corrected chi connectivity index (χ4v) is 2.16. The van der Waals surface area contributed by atoms with E-state index in [1.165, 1.54) is 0 Å². The van der Waals surface area contributed by atoms with Crippen molar-refractivity contribution in [2.45, 2.75) is 26.5 Å². The molecule has 0 saturated carbocycles. The number of nitrogens with two attached hydrogens (primary N) is 1. The smallest absolute Gasteiger partial charge is 0.119 e. The summed E-state index contributed by atoms with van der Waals surface area (Å²) in [5.74, 6) is 0.792. The summed E-state index contributed by atoms with van der Waals surface area (Å²) in [6, 6.07) is 13.7. The van der Waals surface area contributed by atoms with Gasteiger partial charge < -0.3 is 15.6 Å². The molecule has 0 amide bonds. The summed E-state index contributed by atoms with van der Waals surface area (Å²) in [5.41, 5.74) is 9.75. The second-order valence-corrected chi connectivity index (χ2v) is 5.10. The monoisotopic (exact) mass is 271 g/mol. The van der Waals surface area contributed by atoms with Crippen molar-refractivity contribution < 1.29 is 9.84 Å². The molecule has 0 bridgehead atoms. The van der Waals surface area contributed by atoms with E-state index in [4.69, 9.17) is 10.5 Å². The molecule has 0 radical (unpaired) electrons. The minimum atomic E-state index is -0.636. The molecule has 3 heteroatoms. The maximum atomic E-state index is 10.1. The lowest BCUT2D eigenvalue weighted by atomic mass is 10.1. The molecule has 0 aliphatic carbocycles. The highest BCUT2D eigenvalue weighted by atomic mass is 16.5. The molecule has 106 valence electrons. The lowest BCUT2D eigenvalue weighted by Gasteiger charge is -2.14. The third kappa shape index (κ3) is 3.83. The SMILES string of the molecule is Cc1cc(C)cc(OCC(O)c2ccc(CN)cc2)c1. The summed E-state index contributed by atoms with van der Waals surface area (Å²) in [5, 5.41) is 10.1. The predicted octanol–water partition coefficient (Wildman–Crippen LogP) is 2.87. The van der Waals surface area contributed by atoms with E-state index in [1.54, 1.807) is 0 Å². The van der Waals surface area contributed by atoms with Crippen LogP contribution in [0.5, 0.6) is 5.75 Å². The van der Waals surface area contributed by atoms with Crippen LogP contribution < -0.4 is 10.5 Å². The van der Waals surface area contributed by atoms with E-state index >= 15 is 0 Å². The molecule has 1 atom stereocenters. The molecule has 0 saturated heterocycles. The molecule has 2 aromatic rings. The Labute approximate surface area is 120 Å². The van der Waals surface area contributed by atoms with Crippen molar-refractivity contribution in [3.8, 4) is 5.75 Å². The van der Waals surface area contributed by atoms with E-state index < -0.39 is 6.10 Å². The van der Waals surface area contributed by atoms with Gasteiger partial charge in [0.25, 0.3) is 0 Å². The Morgan fingerprint density at radius 1 is 1.05 bits per heavy atom. The molecule has 2 rings (SSSR count). The van der Waals surface area contributed by atoms with E-state index in [0.29, 0.717) is 6.54 Å². The highest BCUT2D eigenvalue weighted by molar-refractivity contribution is 5.33. The summed E-state index contributed by atoms with van der Waals surface area (Å²) < 4.78 is 5.67. The molecular weight excluding hydrogens is 250 g/mol. The maximum absolute atomic E-state index is 10.1. The van der Waals surface area contributed by atoms with Gasteiger partial charge in [-0.05, 0) is 48.2 Å². The maximum Gasteiger partial charge on any atom is 0.119 e. The van der Waals surface area contributed by atoms with Crippen molar-refractivity contribution in [2.75, 3.05) is 6.61 Å². The quantitative estimate of drug-likeness (QED) is 0.879. The van der Waals surface area contributed by atoms with Gasteiger partial charge in [0.05, 0.1) is 0 Å². The minimum Gasteiger partial charge on any atom is -0.491 e. The van der Waals surface area contributed by atoms with Crippen molar-refractivity contribution in [3.05, 3.63) is 64.7 Å². The van der Waals surface area contributed by atoms with E-state index in [2.05, 4.69) is 6.07 Å². The van der Waals surface area contributed by atoms with Crippen LogP contribution in [0.25, 0.3) is 0 Å². The minimum absolute atomic E-state index is 0.241. The van der Waals surface area contributed by atoms with Gasteiger partial charge in [-0.15, -0.1) is 0 Å². The molecular formula is C17H21NO2. The molecule has 0 spiro atoms. The number of aliphatic hydroxyl groups is 1. The fourth-order valence-electron chi connectivity index (χ4n) is 2.16. The first-order chi connectivity index (χ1) is 9.58. The largest absolute Gasteiger partial charge is 0.491 e. The van der Waals surface area contributed by atoms with Gasteiger partial charge in [0, 0.05) is 6.54 Å². The molecule has 0 heterocycles. The lowest BCUT2D eigenvalue weighted by molar-refractivity contribution is 0.108. The summed E-state index contributed by atoms with van der Waals surface area (Å²) in [6.45, 7) is 4.81. The summed E-state index contributed by atoms with van der Waals surface area (Å²) in [4.78, 5) is 0. The molecule has 3 nitrogen and oxygen atoms in total. The highest BCUT2D eigenvalue weighted by Crippen LogP contribution is 2.19. The van der Waals surface area contributed by atoms with Crippen LogP contribution in [0.15, 0.2) is 42.5 Å². The number of ether oxygens (including phenoxy) is 1. The average molecular weight is 271 g/mol. The number of hydrogen-bond donors (Lipinski definition) is 2. The van der Waals surface area contributed by atoms with Gasteiger partial charge in [0.15, 0.2) is 0 Å². The molecule has 1 unspecified atom stereocenters. The summed E-state index contributed by atoms with van der Waals surface area (Å²) in [7, 11) is 0. The lowest BCUT2D eigenvalue weighted by Crippen LogP contribution is -2.10. The van der Waals surface area contributed by atoms with E-state index in [0.717, 1.165) is 28.0 Å². The predicted molar refractivity (Wildman–Crippen MR) is 80.7 cm³/mol. The van der Waals surface area contributed by atoms with Crippen molar-refractivity contribution in [3.63, 3.8) is 0 Å². The van der Waals surface area contributed by atoms with Crippen molar-refractivity contribution >= 4 is 0 Å². The molecule has 0 aliphatic heterocycles. The molecule has 3 N–H and O–H groups in total. The van der Waals surface area contributed by atoms with Gasteiger partial charge >= 0.3 is 0 Å². The highest BCUT2D eigenvalue weighted by Gasteiger charge is 2.08. The summed E-state index contributed by atoms with van der Waals surface area (Å²) >= 11 is 0. The molecule has 0 fully saturated rings. The second kappa shape index (κ2) is 6.55. The number of hydrogen-bond acceptors (Lipinski definition) is 3. The van der Waals surface area contributed by atoms with Crippen LogP contribution >= 0.6 is 0 Å². The molecule has 0 aliphatic rings. The van der Waals surface area contributed by atoms with Gasteiger partial charge in [-0.2, -0.15) is 0 Å². The third-order valence-corrected chi connectivity index (χ3v) is 3.20. The first-order valence-electron chi connectivity index (χ1n) is 6.76. The van der Waals surface area contributed by atoms with Gasteiger partial charge in [0.2, 0.25) is 0 Å². The zero-order valence-electron chi connectivity index (χ0n) is 12.0. The van der Waals surface area contributed by atoms with Crippen LogP contribution in [-0.2, 0) is 6.54 Å². The van der Waals surface area contributed by atoms with E-state index in [1.807, 2.05) is 50.2 Å². The Bertz CT molecular complexity index is 543. The molecule has 0 aromatic heterocycles. The van der Waals surface area contributed by atoms with Crippen molar-refractivity contribution in [2.24, 2.45) is 5.73 Å². The zero-order valence-corrected chi connectivity index (χ0v) is 12.0. The molecule has 2 aromatic carbocycles. The number of benzene rings is 2. The van der Waals surface area contributed by atoms with Gasteiger partial charge in [-0.3, -0.25) is 0 Å². The standard InChI is InChI=1S/C17H21NO2/c1-12-7-13(2)9-16(8-12)20-11-17(19)15-5-3-14(10-18)4-6-15/h3-9,17,19H,10-11,18H2,1-2H3. The van der Waals surface area contributed by atoms with Gasteiger partial charge in [-0.1, -0.05) is 30.3 Å². The van der Waals surface area contributed by atoms with Crippen molar-refractivity contribution in [1.29, 1.82) is 0 Å². The average Bonchev–Trinajstić information content (AvgIpc) is 2.44. The first-order valence-corrected chi connectivity index (χ1v) is 6.76. The van der Waals surface area contributed by atoms with Gasteiger partial charge in [-0.25, -0.2) is 0 Å². The zero-order chi connectivity index (χ0) is 14.5. The normalized spacial score (nSPS) is 12.2. The Morgan fingerprint density at radius 2 is 1.65 bits per heavy atom. The fraction of sp³-hybridized carbons (Fsp3) is 0.294. The Balaban J connectivity index is 1.98. The van der Waals surface area contributed by atoms with Crippen LogP contribution in [0.3, 0.4) is 0 Å². The Kier molecular flexibility index (Phi) is 4.77. The van der Waals surface area contributed by atoms with Crippen LogP contribution in [0, 0.1) is 13.8 Å². The third-order valence-electron chi connectivity index (χ3n) is 3.20. The van der Waals surface area contributed by atoms with E-state index in [9.17, 15) is 5.11 Å². The first kappa shape index (κ1) is 14.6.